The SMILES string of the molecule is CSc1ncc(Cl)c(C(=O)Nc2c(C(=O)c3ccccc3)oc3ccccc23)n1. The van der Waals surface area contributed by atoms with Crippen LogP contribution in [-0.4, -0.2) is 27.9 Å². The minimum absolute atomic E-state index is 0.0226. The fourth-order valence-corrected chi connectivity index (χ4v) is 3.35. The van der Waals surface area contributed by atoms with Crippen molar-refractivity contribution in [3.05, 3.63) is 82.8 Å². The van der Waals surface area contributed by atoms with Crippen LogP contribution in [-0.2, 0) is 0 Å². The summed E-state index contributed by atoms with van der Waals surface area (Å²) in [5, 5.41) is 3.89. The van der Waals surface area contributed by atoms with E-state index in [-0.39, 0.29) is 27.9 Å². The van der Waals surface area contributed by atoms with E-state index in [4.69, 9.17) is 16.0 Å². The second-order valence-corrected chi connectivity index (χ2v) is 7.19. The first-order valence-electron chi connectivity index (χ1n) is 8.57. The van der Waals surface area contributed by atoms with Crippen molar-refractivity contribution >= 4 is 51.7 Å². The zero-order valence-electron chi connectivity index (χ0n) is 15.2. The first-order chi connectivity index (χ1) is 14.1. The van der Waals surface area contributed by atoms with Crippen molar-refractivity contribution in [3.8, 4) is 0 Å². The number of anilines is 1. The molecule has 29 heavy (non-hydrogen) atoms. The third-order valence-corrected chi connectivity index (χ3v) is 5.03. The smallest absolute Gasteiger partial charge is 0.276 e. The van der Waals surface area contributed by atoms with Gasteiger partial charge in [-0.1, -0.05) is 65.8 Å². The second kappa shape index (κ2) is 8.06. The number of furan rings is 1. The number of hydrogen-bond donors (Lipinski definition) is 1. The van der Waals surface area contributed by atoms with Crippen molar-refractivity contribution in [1.82, 2.24) is 9.97 Å². The van der Waals surface area contributed by atoms with E-state index in [2.05, 4.69) is 15.3 Å². The van der Waals surface area contributed by atoms with Crippen molar-refractivity contribution in [2.24, 2.45) is 0 Å². The van der Waals surface area contributed by atoms with E-state index in [1.165, 1.54) is 18.0 Å². The number of ketones is 1. The van der Waals surface area contributed by atoms with Gasteiger partial charge in [0.15, 0.2) is 16.6 Å². The predicted molar refractivity (Wildman–Crippen MR) is 113 cm³/mol. The molecule has 0 aliphatic carbocycles. The number of halogens is 1. The topological polar surface area (TPSA) is 85.1 Å². The van der Waals surface area contributed by atoms with Crippen molar-refractivity contribution in [2.75, 3.05) is 11.6 Å². The Hall–Kier alpha value is -3.16. The maximum absolute atomic E-state index is 13.0. The van der Waals surface area contributed by atoms with E-state index in [9.17, 15) is 9.59 Å². The molecule has 2 aromatic heterocycles. The van der Waals surface area contributed by atoms with Crippen molar-refractivity contribution in [3.63, 3.8) is 0 Å². The first-order valence-corrected chi connectivity index (χ1v) is 10.2. The fourth-order valence-electron chi connectivity index (χ4n) is 2.83. The first kappa shape index (κ1) is 19.2. The molecule has 2 heterocycles. The van der Waals surface area contributed by atoms with Crippen LogP contribution in [0.2, 0.25) is 5.02 Å². The van der Waals surface area contributed by atoms with Crippen LogP contribution >= 0.6 is 23.4 Å². The van der Waals surface area contributed by atoms with E-state index >= 15 is 0 Å². The van der Waals surface area contributed by atoms with Gasteiger partial charge >= 0.3 is 0 Å². The molecule has 4 aromatic rings. The van der Waals surface area contributed by atoms with E-state index < -0.39 is 5.91 Å². The van der Waals surface area contributed by atoms with Gasteiger partial charge in [-0.25, -0.2) is 9.97 Å². The van der Waals surface area contributed by atoms with Crippen LogP contribution in [0.1, 0.15) is 26.6 Å². The van der Waals surface area contributed by atoms with Gasteiger partial charge < -0.3 is 9.73 Å². The van der Waals surface area contributed by atoms with Gasteiger partial charge in [0.1, 0.15) is 5.58 Å². The van der Waals surface area contributed by atoms with Crippen molar-refractivity contribution in [2.45, 2.75) is 5.16 Å². The van der Waals surface area contributed by atoms with Crippen LogP contribution in [0.3, 0.4) is 0 Å². The molecular formula is C21H14ClN3O3S. The number of rotatable bonds is 5. The van der Waals surface area contributed by atoms with E-state index in [0.717, 1.165) is 0 Å². The molecule has 2 aromatic carbocycles. The zero-order chi connectivity index (χ0) is 20.4. The molecule has 0 unspecified atom stereocenters. The fraction of sp³-hybridized carbons (Fsp3) is 0.0476. The van der Waals surface area contributed by atoms with Gasteiger partial charge in [-0.05, 0) is 18.4 Å². The predicted octanol–water partition coefficient (Wildman–Crippen LogP) is 5.08. The van der Waals surface area contributed by atoms with Crippen LogP contribution in [0.15, 0.2) is 70.4 Å². The number of nitrogens with zero attached hydrogens (tertiary/aromatic N) is 2. The average Bonchev–Trinajstić information content (AvgIpc) is 3.12. The minimum Gasteiger partial charge on any atom is -0.450 e. The number of thioether (sulfide) groups is 1. The van der Waals surface area contributed by atoms with Gasteiger partial charge in [-0.2, -0.15) is 0 Å². The van der Waals surface area contributed by atoms with Gasteiger partial charge in [0, 0.05) is 10.9 Å². The summed E-state index contributed by atoms with van der Waals surface area (Å²) >= 11 is 7.41. The molecule has 0 fully saturated rings. The monoisotopic (exact) mass is 423 g/mol. The summed E-state index contributed by atoms with van der Waals surface area (Å²) in [4.78, 5) is 34.1. The van der Waals surface area contributed by atoms with Crippen LogP contribution in [0, 0.1) is 0 Å². The summed E-state index contributed by atoms with van der Waals surface area (Å²) in [6, 6.07) is 15.8. The summed E-state index contributed by atoms with van der Waals surface area (Å²) in [5.41, 5.74) is 1.24. The lowest BCUT2D eigenvalue weighted by molar-refractivity contribution is 0.101. The highest BCUT2D eigenvalue weighted by atomic mass is 35.5. The highest BCUT2D eigenvalue weighted by Crippen LogP contribution is 2.33. The van der Waals surface area contributed by atoms with Gasteiger partial charge in [0.05, 0.1) is 16.9 Å². The molecule has 8 heteroatoms. The van der Waals surface area contributed by atoms with E-state index in [0.29, 0.717) is 21.7 Å². The van der Waals surface area contributed by atoms with Gasteiger partial charge in [0.2, 0.25) is 5.78 Å². The molecule has 4 rings (SSSR count). The summed E-state index contributed by atoms with van der Waals surface area (Å²) < 4.78 is 5.79. The standard InChI is InChI=1S/C21H14ClN3O3S/c1-29-21-23-11-14(22)17(25-21)20(27)24-16-13-9-5-6-10-15(13)28-19(16)18(26)12-7-3-2-4-8-12/h2-11H,1H3,(H,24,27). The Morgan fingerprint density at radius 1 is 1.07 bits per heavy atom. The van der Waals surface area contributed by atoms with Crippen LogP contribution in [0.5, 0.6) is 0 Å². The molecule has 0 saturated carbocycles. The normalized spacial score (nSPS) is 10.8. The quantitative estimate of drug-likeness (QED) is 0.273. The van der Waals surface area contributed by atoms with Gasteiger partial charge in [0.25, 0.3) is 5.91 Å². The third-order valence-electron chi connectivity index (χ3n) is 4.20. The maximum atomic E-state index is 13.0. The number of amides is 1. The summed E-state index contributed by atoms with van der Waals surface area (Å²) in [7, 11) is 0. The number of benzene rings is 2. The summed E-state index contributed by atoms with van der Waals surface area (Å²) in [5.74, 6) is -0.849. The number of nitrogens with one attached hydrogen (secondary N) is 1. The second-order valence-electron chi connectivity index (χ2n) is 6.00. The Kier molecular flexibility index (Phi) is 5.33. The lowest BCUT2D eigenvalue weighted by Gasteiger charge is -2.07. The Labute approximate surface area is 175 Å². The molecule has 0 spiro atoms. The van der Waals surface area contributed by atoms with E-state index in [1.54, 1.807) is 54.8 Å². The average molecular weight is 424 g/mol. The molecule has 1 amide bonds. The lowest BCUT2D eigenvalue weighted by atomic mass is 10.1. The van der Waals surface area contributed by atoms with Crippen molar-refractivity contribution in [1.29, 1.82) is 0 Å². The Morgan fingerprint density at radius 2 is 1.79 bits per heavy atom. The molecule has 0 aliphatic rings. The zero-order valence-corrected chi connectivity index (χ0v) is 16.8. The molecule has 0 saturated heterocycles. The maximum Gasteiger partial charge on any atom is 0.276 e. The van der Waals surface area contributed by atoms with E-state index in [1.807, 2.05) is 6.07 Å². The third kappa shape index (κ3) is 3.74. The minimum atomic E-state index is -0.554. The number of carbonyl (C=O) groups excluding carboxylic acids is 2. The largest absolute Gasteiger partial charge is 0.450 e. The highest BCUT2D eigenvalue weighted by molar-refractivity contribution is 7.98. The van der Waals surface area contributed by atoms with Gasteiger partial charge in [-0.3, -0.25) is 9.59 Å². The number of hydrogen-bond acceptors (Lipinski definition) is 6. The Morgan fingerprint density at radius 3 is 2.55 bits per heavy atom. The Balaban J connectivity index is 1.79. The molecule has 0 atom stereocenters. The molecule has 0 aliphatic heterocycles. The van der Waals surface area contributed by atoms with Crippen LogP contribution in [0.4, 0.5) is 5.69 Å². The van der Waals surface area contributed by atoms with Crippen molar-refractivity contribution < 1.29 is 14.0 Å². The number of para-hydroxylation sites is 1. The molecule has 1 N–H and O–H groups in total. The summed E-state index contributed by atoms with van der Waals surface area (Å²) in [6.45, 7) is 0. The highest BCUT2D eigenvalue weighted by Gasteiger charge is 2.25. The van der Waals surface area contributed by atoms with Gasteiger partial charge in [-0.15, -0.1) is 0 Å². The van der Waals surface area contributed by atoms with Crippen LogP contribution < -0.4 is 5.32 Å². The number of carbonyl (C=O) groups is 2. The summed E-state index contributed by atoms with van der Waals surface area (Å²) in [6.07, 6.45) is 3.17. The Bertz CT molecular complexity index is 1220. The molecular weight excluding hydrogens is 410 g/mol. The lowest BCUT2D eigenvalue weighted by Crippen LogP contribution is -2.17. The number of aromatic nitrogens is 2. The molecule has 0 bridgehead atoms. The molecule has 144 valence electrons. The van der Waals surface area contributed by atoms with Crippen LogP contribution in [0.25, 0.3) is 11.0 Å². The number of fused-ring (bicyclic) bond motifs is 1. The molecule has 0 radical (unpaired) electrons. The molecule has 6 nitrogen and oxygen atoms in total.